The fraction of sp³-hybridized carbons (Fsp3) is 0.651. The fourth-order valence-corrected chi connectivity index (χ4v) is 3.06. The first-order valence-electron chi connectivity index (χ1n) is 23.7. The van der Waals surface area contributed by atoms with E-state index in [4.69, 9.17) is 122 Å². The van der Waals surface area contributed by atoms with Crippen molar-refractivity contribution in [3.05, 3.63) is 18.2 Å². The Morgan fingerprint density at radius 3 is 0.905 bits per heavy atom. The van der Waals surface area contributed by atoms with Crippen molar-refractivity contribution in [2.75, 3.05) is 32.8 Å². The molecule has 2 heterocycles. The van der Waals surface area contributed by atoms with Crippen molar-refractivity contribution < 1.29 is 134 Å². The summed E-state index contributed by atoms with van der Waals surface area (Å²) >= 11 is 0. The van der Waals surface area contributed by atoms with Gasteiger partial charge in [0.25, 0.3) is 0 Å². The number of aliphatic hydroxyl groups excluding tert-OH is 4. The number of aliphatic carboxylic acids is 11. The maximum Gasteiger partial charge on any atom is 0.323 e. The third kappa shape index (κ3) is 72.3. The number of rotatable bonds is 21. The van der Waals surface area contributed by atoms with Gasteiger partial charge in [0.2, 0.25) is 5.91 Å². The molecule has 1 aliphatic rings. The van der Waals surface area contributed by atoms with Gasteiger partial charge in [0.15, 0.2) is 0 Å². The average Bonchev–Trinajstić information content (AvgIpc) is 4.14. The summed E-state index contributed by atoms with van der Waals surface area (Å²) in [5.74, 6) is -12.1. The smallest absolute Gasteiger partial charge is 0.323 e. The number of carbonyl (C=O) groups excluding carboxylic acids is 1. The number of carboxylic acid groups (broad SMARTS) is 11. The second kappa shape index (κ2) is 58.4. The molecular weight excluding hydrogens is 1140 g/mol. The number of aliphatic hydroxyl groups is 4. The van der Waals surface area contributed by atoms with Gasteiger partial charge in [-0.3, -0.25) is 57.5 Å². The molecule has 41 nitrogen and oxygen atoms in total. The average molecular weight is 1240 g/mol. The van der Waals surface area contributed by atoms with Gasteiger partial charge in [0, 0.05) is 18.3 Å². The summed E-state index contributed by atoms with van der Waals surface area (Å²) in [5.41, 5.74) is 54.4. The highest BCUT2D eigenvalue weighted by Gasteiger charge is 2.21. The maximum atomic E-state index is 10.3. The van der Waals surface area contributed by atoms with Gasteiger partial charge in [0.1, 0.15) is 54.4 Å². The van der Waals surface area contributed by atoms with Crippen LogP contribution in [-0.2, 0) is 64.0 Å². The molecule has 10 unspecified atom stereocenters. The van der Waals surface area contributed by atoms with E-state index in [1.807, 2.05) is 0 Å². The molecule has 41 heteroatoms. The van der Waals surface area contributed by atoms with Gasteiger partial charge in [-0.05, 0) is 45.1 Å². The van der Waals surface area contributed by atoms with E-state index in [-0.39, 0.29) is 43.8 Å². The van der Waals surface area contributed by atoms with Gasteiger partial charge in [-0.25, -0.2) is 4.98 Å². The predicted octanol–water partition coefficient (Wildman–Crippen LogP) is -10.0. The minimum atomic E-state index is -1.21. The fourth-order valence-electron chi connectivity index (χ4n) is 3.06. The number of carboxylic acids is 11. The van der Waals surface area contributed by atoms with Crippen molar-refractivity contribution >= 4 is 71.6 Å². The second-order valence-corrected chi connectivity index (χ2v) is 16.7. The molecule has 1 aromatic rings. The molecule has 39 N–H and O–H groups in total. The van der Waals surface area contributed by atoms with Gasteiger partial charge < -0.3 is 150 Å². The lowest BCUT2D eigenvalue weighted by molar-refractivity contribution is -0.141. The number of imidazole rings is 1. The van der Waals surface area contributed by atoms with Crippen LogP contribution in [0.4, 0.5) is 0 Å². The molecule has 0 bridgehead atoms. The standard InChI is InChI=1S/C6H9N3O2.C5H9NO2.2C5H11NO2.C4H8N2O3.2C4H9NO3.2C3H7NO3.2C2H5NO2/c7-5(6(10)11)1-4-2-8-3-9-4;7-5(8)4-2-1-3-6-4;2*1-3(2)4(6)5(7)8;5-2(4(8)9)1-3(6)7;2*1-2(6)3(5)4(7)8;2*4-2(1-5)3(6)7;2*3-1-2(4)5/h2-3,5H,1,7H2,(H,8,9)(H,10,11);4,6H,1-3H2,(H,7,8);2*3-4H,6H2,1-2H3,(H,7,8);2H,1,5H2,(H2,6,7)(H,8,9);2*2-3,6H,5H2,1H3,(H,7,8);2*2,5H,1,4H2,(H,6,7);2*1,3H2,(H,4,5)/t;4-;;;;;;;;;/m.0........./s1. The van der Waals surface area contributed by atoms with Gasteiger partial charge in [-0.2, -0.15) is 0 Å². The Hall–Kier alpha value is -7.75. The van der Waals surface area contributed by atoms with Gasteiger partial charge in [0.05, 0.1) is 51.3 Å². The number of carbonyl (C=O) groups is 12. The van der Waals surface area contributed by atoms with E-state index in [9.17, 15) is 57.5 Å². The number of hydrogen-bond acceptors (Lipinski definition) is 28. The number of primary amides is 1. The molecule has 11 atom stereocenters. The number of aromatic amines is 1. The van der Waals surface area contributed by atoms with Crippen LogP contribution in [-0.4, -0.2) is 258 Å². The first-order valence-corrected chi connectivity index (χ1v) is 23.7. The summed E-state index contributed by atoms with van der Waals surface area (Å²) in [6.45, 7) is 9.06. The minimum Gasteiger partial charge on any atom is -0.480 e. The number of hydrogen-bond donors (Lipinski definition) is 28. The number of nitrogens with one attached hydrogen (secondary N) is 2. The zero-order valence-corrected chi connectivity index (χ0v) is 46.9. The molecule has 0 saturated carbocycles. The lowest BCUT2D eigenvalue weighted by Gasteiger charge is -2.07. The topological polar surface area (TPSA) is 835 Å². The van der Waals surface area contributed by atoms with Crippen LogP contribution in [0, 0.1) is 11.8 Å². The molecule has 0 spiro atoms. The van der Waals surface area contributed by atoms with E-state index < -0.39 is 145 Å². The van der Waals surface area contributed by atoms with Crippen LogP contribution in [0.2, 0.25) is 0 Å². The normalized spacial score (nSPS) is 14.8. The van der Waals surface area contributed by atoms with Crippen LogP contribution < -0.4 is 68.4 Å². The van der Waals surface area contributed by atoms with E-state index in [1.54, 1.807) is 33.9 Å². The Bertz CT molecular complexity index is 1830. The molecule has 2 rings (SSSR count). The van der Waals surface area contributed by atoms with Crippen LogP contribution in [0.5, 0.6) is 0 Å². The summed E-state index contributed by atoms with van der Waals surface area (Å²) in [6, 6.07) is -8.28. The molecule has 0 aromatic carbocycles. The quantitative estimate of drug-likeness (QED) is 0.0543. The van der Waals surface area contributed by atoms with Crippen LogP contribution >= 0.6 is 0 Å². The van der Waals surface area contributed by atoms with Crippen molar-refractivity contribution in [3.63, 3.8) is 0 Å². The number of aromatic nitrogens is 2. The lowest BCUT2D eigenvalue weighted by atomic mass is 10.1. The number of amides is 1. The Labute approximate surface area is 480 Å². The zero-order valence-electron chi connectivity index (χ0n) is 46.9. The van der Waals surface area contributed by atoms with Crippen LogP contribution in [0.1, 0.15) is 66.5 Å². The van der Waals surface area contributed by atoms with Crippen LogP contribution in [0.25, 0.3) is 0 Å². The monoisotopic (exact) mass is 1230 g/mol. The van der Waals surface area contributed by atoms with E-state index in [0.717, 1.165) is 25.1 Å². The van der Waals surface area contributed by atoms with Crippen molar-refractivity contribution in [2.24, 2.45) is 74.9 Å². The third-order valence-corrected chi connectivity index (χ3v) is 8.40. The molecular formula is C43H90N14O27. The molecule has 1 fully saturated rings. The Morgan fingerprint density at radius 1 is 0.512 bits per heavy atom. The number of nitrogens with zero attached hydrogens (tertiary/aromatic N) is 1. The van der Waals surface area contributed by atoms with Crippen molar-refractivity contribution in [1.29, 1.82) is 0 Å². The predicted molar refractivity (Wildman–Crippen MR) is 290 cm³/mol. The van der Waals surface area contributed by atoms with Crippen LogP contribution in [0.15, 0.2) is 12.5 Å². The Balaban J connectivity index is -0.000000106. The van der Waals surface area contributed by atoms with Gasteiger partial charge >= 0.3 is 65.7 Å². The zero-order chi connectivity index (χ0) is 68.9. The van der Waals surface area contributed by atoms with E-state index in [1.165, 1.54) is 20.2 Å². The van der Waals surface area contributed by atoms with Crippen LogP contribution in [0.3, 0.4) is 0 Å². The Morgan fingerprint density at radius 2 is 0.810 bits per heavy atom. The molecule has 84 heavy (non-hydrogen) atoms. The molecule has 1 saturated heterocycles. The number of H-pyrrole nitrogens is 1. The number of nitrogens with two attached hydrogens (primary N) is 11. The summed E-state index contributed by atoms with van der Waals surface area (Å²) in [4.78, 5) is 124. The summed E-state index contributed by atoms with van der Waals surface area (Å²) in [5, 5.41) is 124. The summed E-state index contributed by atoms with van der Waals surface area (Å²) in [7, 11) is 0. The molecule has 0 radical (unpaired) electrons. The van der Waals surface area contributed by atoms with Gasteiger partial charge in [-0.1, -0.05) is 27.7 Å². The molecule has 1 amide bonds. The highest BCUT2D eigenvalue weighted by atomic mass is 16.4. The molecule has 1 aliphatic heterocycles. The molecule has 494 valence electrons. The minimum absolute atomic E-state index is 0.0208. The lowest BCUT2D eigenvalue weighted by Crippen LogP contribution is -2.39. The highest BCUT2D eigenvalue weighted by molar-refractivity contribution is 5.83. The Kier molecular flexibility index (Phi) is 66.4. The van der Waals surface area contributed by atoms with Crippen molar-refractivity contribution in [3.8, 4) is 0 Å². The summed E-state index contributed by atoms with van der Waals surface area (Å²) < 4.78 is 0. The van der Waals surface area contributed by atoms with Gasteiger partial charge in [-0.15, -0.1) is 0 Å². The van der Waals surface area contributed by atoms with E-state index >= 15 is 0 Å². The second-order valence-electron chi connectivity index (χ2n) is 16.7. The third-order valence-electron chi connectivity index (χ3n) is 8.40. The first-order chi connectivity index (χ1) is 38.2. The van der Waals surface area contributed by atoms with Crippen molar-refractivity contribution in [1.82, 2.24) is 15.3 Å². The first kappa shape index (κ1) is 95.5. The molecule has 1 aromatic heterocycles. The summed E-state index contributed by atoms with van der Waals surface area (Å²) in [6.07, 6.45) is 2.85. The highest BCUT2D eigenvalue weighted by Crippen LogP contribution is 2.03. The van der Waals surface area contributed by atoms with E-state index in [2.05, 4.69) is 32.5 Å². The maximum absolute atomic E-state index is 10.3. The van der Waals surface area contributed by atoms with Crippen molar-refractivity contribution in [2.45, 2.75) is 134 Å². The SMILES string of the molecule is CC(C)C(N)C(=O)O.CC(C)C(N)C(=O)O.CC(O)C(N)C(=O)O.CC(O)C(N)C(=O)O.NC(=O)CC(N)C(=O)O.NC(CO)C(=O)O.NC(CO)C(=O)O.NC(Cc1cnc[nH]1)C(=O)O.NCC(=O)O.NCC(=O)O.O=C(O)[C@@H]1CCCN1. The van der Waals surface area contributed by atoms with E-state index in [0.29, 0.717) is 0 Å². The molecule has 0 aliphatic carbocycles. The largest absolute Gasteiger partial charge is 0.480 e.